The highest BCUT2D eigenvalue weighted by Gasteiger charge is 2.48. The van der Waals surface area contributed by atoms with Crippen LogP contribution in [-0.2, 0) is 17.4 Å². The number of benzene rings is 2. The number of pyridine rings is 1. The highest BCUT2D eigenvalue weighted by molar-refractivity contribution is 6.32. The molecule has 0 radical (unpaired) electrons. The number of aromatic nitrogens is 3. The maximum absolute atomic E-state index is 12.4. The molecule has 2 unspecified atom stereocenters. The zero-order valence-electron chi connectivity index (χ0n) is 18.5. The minimum absolute atomic E-state index is 0.00612. The van der Waals surface area contributed by atoms with Crippen molar-refractivity contribution in [1.82, 2.24) is 15.0 Å². The highest BCUT2D eigenvalue weighted by Crippen LogP contribution is 2.54. The van der Waals surface area contributed by atoms with E-state index in [4.69, 9.17) is 21.1 Å². The Morgan fingerprint density at radius 2 is 1.97 bits per heavy atom. The number of aromatic amines is 1. The number of imidazole rings is 1. The van der Waals surface area contributed by atoms with Gasteiger partial charge in [-0.3, -0.25) is 4.79 Å². The summed E-state index contributed by atoms with van der Waals surface area (Å²) < 4.78 is 48.9. The van der Waals surface area contributed by atoms with Crippen LogP contribution >= 0.6 is 11.6 Å². The van der Waals surface area contributed by atoms with Crippen LogP contribution in [0, 0.1) is 0 Å². The maximum Gasteiger partial charge on any atom is 0.417 e. The fraction of sp³-hybridized carbons (Fsp3) is 0.240. The predicted molar refractivity (Wildman–Crippen MR) is 126 cm³/mol. The summed E-state index contributed by atoms with van der Waals surface area (Å²) in [7, 11) is 0. The first-order chi connectivity index (χ1) is 17.3. The monoisotopic (exact) mass is 514 g/mol. The number of halogens is 4. The summed E-state index contributed by atoms with van der Waals surface area (Å²) in [6.07, 6.45) is 1.17. The quantitative estimate of drug-likeness (QED) is 0.330. The average Bonchev–Trinajstić information content (AvgIpc) is 3.29. The number of fused-ring (bicyclic) bond motifs is 5. The van der Waals surface area contributed by atoms with Crippen molar-refractivity contribution >= 4 is 34.4 Å². The molecular formula is C25H18ClF3N4O3. The van der Waals surface area contributed by atoms with Crippen molar-refractivity contribution in [2.45, 2.75) is 37.5 Å². The fourth-order valence-electron chi connectivity index (χ4n) is 4.43. The molecule has 0 saturated heterocycles. The number of ether oxygens (including phenoxy) is 2. The van der Waals surface area contributed by atoms with Gasteiger partial charge < -0.3 is 19.8 Å². The number of hydrogen-bond donors (Lipinski definition) is 2. The summed E-state index contributed by atoms with van der Waals surface area (Å²) in [4.78, 5) is 22.1. The molecule has 184 valence electrons. The van der Waals surface area contributed by atoms with Crippen molar-refractivity contribution in [1.29, 1.82) is 0 Å². The lowest BCUT2D eigenvalue weighted by Gasteiger charge is -2.19. The third-order valence-corrected chi connectivity index (χ3v) is 6.62. The van der Waals surface area contributed by atoms with Crippen LogP contribution in [0.25, 0.3) is 11.0 Å². The van der Waals surface area contributed by atoms with Crippen molar-refractivity contribution in [2.75, 3.05) is 5.32 Å². The first-order valence-electron chi connectivity index (χ1n) is 11.2. The number of H-pyrrole nitrogens is 1. The number of carbonyl (C=O) groups is 1. The van der Waals surface area contributed by atoms with Gasteiger partial charge in [0.2, 0.25) is 5.91 Å². The molecule has 1 saturated carbocycles. The third-order valence-electron chi connectivity index (χ3n) is 6.31. The van der Waals surface area contributed by atoms with E-state index in [1.54, 1.807) is 6.20 Å². The molecule has 3 aliphatic rings. The SMILES string of the molecule is FC(F)(F)c1cc2[nH]cnc2cc1Cl.O=C1CCc2c(Oc3ccc4c(c3)C3CC3O4)ccnc2N1. The maximum atomic E-state index is 12.4. The van der Waals surface area contributed by atoms with Gasteiger partial charge in [0.05, 0.1) is 27.9 Å². The normalized spacial score (nSPS) is 19.3. The van der Waals surface area contributed by atoms with Crippen molar-refractivity contribution < 1.29 is 27.4 Å². The summed E-state index contributed by atoms with van der Waals surface area (Å²) in [5, 5.41) is 2.46. The molecule has 0 spiro atoms. The topological polar surface area (TPSA) is 89.1 Å². The van der Waals surface area contributed by atoms with E-state index >= 15 is 0 Å². The second kappa shape index (κ2) is 8.41. The first-order valence-corrected chi connectivity index (χ1v) is 11.6. The highest BCUT2D eigenvalue weighted by atomic mass is 35.5. The molecule has 2 aromatic carbocycles. The molecule has 2 aliphatic heterocycles. The average molecular weight is 515 g/mol. The van der Waals surface area contributed by atoms with Gasteiger partial charge in [-0.15, -0.1) is 0 Å². The van der Waals surface area contributed by atoms with E-state index in [-0.39, 0.29) is 10.9 Å². The van der Waals surface area contributed by atoms with Crippen LogP contribution in [0.3, 0.4) is 0 Å². The molecule has 2 N–H and O–H groups in total. The Morgan fingerprint density at radius 1 is 1.11 bits per heavy atom. The Morgan fingerprint density at radius 3 is 2.81 bits per heavy atom. The first kappa shape index (κ1) is 22.7. The van der Waals surface area contributed by atoms with Crippen molar-refractivity contribution in [3.05, 3.63) is 70.6 Å². The number of nitrogens with zero attached hydrogens (tertiary/aromatic N) is 2. The van der Waals surface area contributed by atoms with Crippen molar-refractivity contribution in [3.63, 3.8) is 0 Å². The minimum atomic E-state index is -4.43. The molecule has 7 nitrogen and oxygen atoms in total. The second-order valence-corrected chi connectivity index (χ2v) is 9.14. The van der Waals surface area contributed by atoms with Crippen molar-refractivity contribution in [3.8, 4) is 17.2 Å². The van der Waals surface area contributed by atoms with Crippen LogP contribution in [0.5, 0.6) is 17.2 Å². The van der Waals surface area contributed by atoms with Gasteiger partial charge in [-0.25, -0.2) is 9.97 Å². The molecule has 1 aliphatic carbocycles. The van der Waals surface area contributed by atoms with Crippen molar-refractivity contribution in [2.24, 2.45) is 0 Å². The van der Waals surface area contributed by atoms with E-state index in [0.717, 1.165) is 35.3 Å². The molecule has 1 amide bonds. The summed E-state index contributed by atoms with van der Waals surface area (Å²) in [5.41, 5.74) is 2.10. The van der Waals surface area contributed by atoms with Crippen LogP contribution in [0.4, 0.5) is 19.0 Å². The van der Waals surface area contributed by atoms with Crippen LogP contribution in [-0.4, -0.2) is 27.0 Å². The smallest absolute Gasteiger partial charge is 0.417 e. The molecule has 4 aromatic rings. The molecule has 1 fully saturated rings. The Labute approximate surface area is 207 Å². The van der Waals surface area contributed by atoms with Gasteiger partial charge in [0.25, 0.3) is 0 Å². The summed E-state index contributed by atoms with van der Waals surface area (Å²) in [6.45, 7) is 0. The van der Waals surface area contributed by atoms with Crippen LogP contribution in [0.2, 0.25) is 5.02 Å². The second-order valence-electron chi connectivity index (χ2n) is 8.73. The van der Waals surface area contributed by atoms with E-state index in [0.29, 0.717) is 41.7 Å². The summed E-state index contributed by atoms with van der Waals surface area (Å²) in [6, 6.07) is 9.96. The molecule has 2 aromatic heterocycles. The number of hydrogen-bond acceptors (Lipinski definition) is 5. The lowest BCUT2D eigenvalue weighted by Crippen LogP contribution is -2.20. The van der Waals surface area contributed by atoms with Gasteiger partial charge in [0.1, 0.15) is 29.2 Å². The van der Waals surface area contributed by atoms with Crippen LogP contribution in [0.15, 0.2) is 48.9 Å². The molecule has 0 bridgehead atoms. The molecule has 4 heterocycles. The number of alkyl halides is 3. The van der Waals surface area contributed by atoms with E-state index < -0.39 is 11.7 Å². The Bertz CT molecular complexity index is 1500. The van der Waals surface area contributed by atoms with Gasteiger partial charge in [0, 0.05) is 29.7 Å². The number of rotatable bonds is 2. The van der Waals surface area contributed by atoms with Crippen LogP contribution < -0.4 is 14.8 Å². The third kappa shape index (κ3) is 4.21. The Kier molecular flexibility index (Phi) is 5.29. The molecule has 36 heavy (non-hydrogen) atoms. The van der Waals surface area contributed by atoms with Gasteiger partial charge in [-0.1, -0.05) is 11.6 Å². The number of nitrogens with one attached hydrogen (secondary N) is 2. The Balaban J connectivity index is 0.000000149. The number of anilines is 1. The fourth-order valence-corrected chi connectivity index (χ4v) is 4.70. The predicted octanol–water partition coefficient (Wildman–Crippen LogP) is 6.24. The van der Waals surface area contributed by atoms with Gasteiger partial charge in [-0.2, -0.15) is 13.2 Å². The Hall–Kier alpha value is -3.79. The summed E-state index contributed by atoms with van der Waals surface area (Å²) in [5.74, 6) is 3.71. The largest absolute Gasteiger partial charge is 0.489 e. The van der Waals surface area contributed by atoms with E-state index in [9.17, 15) is 18.0 Å². The van der Waals surface area contributed by atoms with Crippen LogP contribution in [0.1, 0.15) is 35.4 Å². The van der Waals surface area contributed by atoms with E-state index in [2.05, 4.69) is 26.3 Å². The van der Waals surface area contributed by atoms with E-state index in [1.165, 1.54) is 18.0 Å². The molecule has 7 rings (SSSR count). The van der Waals surface area contributed by atoms with Gasteiger partial charge in [0.15, 0.2) is 0 Å². The van der Waals surface area contributed by atoms with Gasteiger partial charge >= 0.3 is 6.18 Å². The molecular weight excluding hydrogens is 497 g/mol. The van der Waals surface area contributed by atoms with E-state index in [1.807, 2.05) is 18.2 Å². The standard InChI is InChI=1S/C17H14N2O3.C8H4ClF3N2/c20-16-4-2-10-14(5-6-18-17(10)19-16)21-9-1-3-13-11(7-9)12-8-15(12)22-13;9-5-2-7-6(13-3-14-7)1-4(5)8(10,11)12/h1,3,5-7,12,15H,2,4,8H2,(H,18,19,20);1-3H,(H,13,14). The zero-order valence-corrected chi connectivity index (χ0v) is 19.3. The summed E-state index contributed by atoms with van der Waals surface area (Å²) >= 11 is 5.47. The molecule has 2 atom stereocenters. The number of carbonyl (C=O) groups excluding carboxylic acids is 1. The minimum Gasteiger partial charge on any atom is -0.489 e. The lowest BCUT2D eigenvalue weighted by molar-refractivity contribution is -0.137. The molecule has 11 heteroatoms. The lowest BCUT2D eigenvalue weighted by atomic mass is 10.1. The zero-order chi connectivity index (χ0) is 25.0. The number of amides is 1. The van der Waals surface area contributed by atoms with Gasteiger partial charge in [-0.05, 0) is 49.2 Å².